The summed E-state index contributed by atoms with van der Waals surface area (Å²) in [5, 5.41) is 4.22. The number of likely N-dealkylation sites (N-methyl/N-ethyl adjacent to an activating group) is 2. The number of rotatable bonds is 12. The zero-order valence-electron chi connectivity index (χ0n) is 33.4. The number of carbonyl (C=O) groups is 2. The van der Waals surface area contributed by atoms with Crippen LogP contribution in [0.15, 0.2) is 53.6 Å². The van der Waals surface area contributed by atoms with Crippen LogP contribution in [0.4, 0.5) is 0 Å². The summed E-state index contributed by atoms with van der Waals surface area (Å²) in [6, 6.07) is 10.0. The van der Waals surface area contributed by atoms with Crippen molar-refractivity contribution in [1.82, 2.24) is 15.1 Å². The summed E-state index contributed by atoms with van der Waals surface area (Å²) in [5.74, 6) is 3.67. The van der Waals surface area contributed by atoms with Gasteiger partial charge < -0.3 is 19.9 Å². The number of allylic oxidation sites excluding steroid dienone is 4. The number of esters is 1. The van der Waals surface area contributed by atoms with E-state index in [1.165, 1.54) is 69.8 Å². The molecule has 52 heavy (non-hydrogen) atoms. The van der Waals surface area contributed by atoms with Crippen LogP contribution in [-0.4, -0.2) is 68.0 Å². The molecule has 1 aromatic carbocycles. The summed E-state index contributed by atoms with van der Waals surface area (Å²) < 4.78 is 5.73. The zero-order valence-corrected chi connectivity index (χ0v) is 33.4. The van der Waals surface area contributed by atoms with Gasteiger partial charge in [0.25, 0.3) is 0 Å². The quantitative estimate of drug-likeness (QED) is 0.174. The lowest BCUT2D eigenvalue weighted by Crippen LogP contribution is -2.67. The summed E-state index contributed by atoms with van der Waals surface area (Å²) in [7, 11) is 4.06. The van der Waals surface area contributed by atoms with Gasteiger partial charge >= 0.3 is 5.97 Å². The molecule has 1 amide bonds. The summed E-state index contributed by atoms with van der Waals surface area (Å²) in [4.78, 5) is 28.1. The molecule has 10 atom stereocenters. The first-order valence-electron chi connectivity index (χ1n) is 21.1. The highest BCUT2D eigenvalue weighted by Crippen LogP contribution is 2.75. The van der Waals surface area contributed by atoms with Gasteiger partial charge in [0.1, 0.15) is 6.61 Å². The summed E-state index contributed by atoms with van der Waals surface area (Å²) in [6.07, 6.45) is 22.3. The number of nitrogens with one attached hydrogen (secondary N) is 1. The maximum atomic E-state index is 13.0. The number of fused-ring (bicyclic) bond motifs is 7. The Morgan fingerprint density at radius 3 is 2.44 bits per heavy atom. The van der Waals surface area contributed by atoms with Crippen molar-refractivity contribution in [3.63, 3.8) is 0 Å². The van der Waals surface area contributed by atoms with Crippen LogP contribution < -0.4 is 5.32 Å². The van der Waals surface area contributed by atoms with E-state index in [4.69, 9.17) is 4.74 Å². The third-order valence-corrected chi connectivity index (χ3v) is 16.9. The maximum Gasteiger partial charge on any atom is 0.309 e. The molecule has 0 bridgehead atoms. The molecule has 0 spiro atoms. The predicted octanol–water partition coefficient (Wildman–Crippen LogP) is 8.82. The van der Waals surface area contributed by atoms with Crippen LogP contribution in [0.25, 0.3) is 0 Å². The third kappa shape index (κ3) is 6.65. The molecule has 8 unspecified atom stereocenters. The van der Waals surface area contributed by atoms with Crippen LogP contribution in [0.2, 0.25) is 0 Å². The van der Waals surface area contributed by atoms with E-state index in [9.17, 15) is 9.59 Å². The lowest BCUT2D eigenvalue weighted by molar-refractivity contribution is -0.212. The van der Waals surface area contributed by atoms with E-state index in [0.717, 1.165) is 81.1 Å². The van der Waals surface area contributed by atoms with Gasteiger partial charge in [0.2, 0.25) is 6.41 Å². The molecule has 4 saturated carbocycles. The molecule has 1 N–H and O–H groups in total. The van der Waals surface area contributed by atoms with Gasteiger partial charge in [-0.15, -0.1) is 0 Å². The largest absolute Gasteiger partial charge is 0.461 e. The minimum absolute atomic E-state index is 0.0179. The van der Waals surface area contributed by atoms with E-state index in [2.05, 4.69) is 57.1 Å². The Bertz CT molecular complexity index is 1510. The number of ether oxygens (including phenoxy) is 1. The molecule has 6 aliphatic carbocycles. The van der Waals surface area contributed by atoms with Crippen molar-refractivity contribution in [2.24, 2.45) is 51.8 Å². The molecule has 0 aromatic heterocycles. The topological polar surface area (TPSA) is 61.9 Å². The van der Waals surface area contributed by atoms with Crippen LogP contribution in [-0.2, 0) is 20.9 Å². The van der Waals surface area contributed by atoms with E-state index in [1.54, 1.807) is 10.5 Å². The van der Waals surface area contributed by atoms with Gasteiger partial charge in [-0.1, -0.05) is 76.6 Å². The van der Waals surface area contributed by atoms with Crippen molar-refractivity contribution < 1.29 is 14.3 Å². The van der Waals surface area contributed by atoms with E-state index in [-0.39, 0.29) is 11.9 Å². The van der Waals surface area contributed by atoms with Crippen molar-refractivity contribution in [3.05, 3.63) is 59.2 Å². The van der Waals surface area contributed by atoms with Gasteiger partial charge in [-0.05, 0) is 147 Å². The molecule has 0 heterocycles. The monoisotopic (exact) mass is 712 g/mol. The summed E-state index contributed by atoms with van der Waals surface area (Å²) >= 11 is 0. The average molecular weight is 712 g/mol. The van der Waals surface area contributed by atoms with E-state index < -0.39 is 0 Å². The van der Waals surface area contributed by atoms with Crippen LogP contribution in [0, 0.1) is 51.8 Å². The minimum atomic E-state index is -0.0374. The van der Waals surface area contributed by atoms with Crippen LogP contribution in [0.5, 0.6) is 0 Å². The average Bonchev–Trinajstić information content (AvgIpc) is 3.58. The second kappa shape index (κ2) is 15.0. The second-order valence-electron chi connectivity index (χ2n) is 19.1. The second-order valence-corrected chi connectivity index (χ2v) is 19.1. The molecule has 6 aliphatic rings. The van der Waals surface area contributed by atoms with Crippen LogP contribution in [0.3, 0.4) is 0 Å². The van der Waals surface area contributed by atoms with Crippen LogP contribution >= 0.6 is 0 Å². The molecule has 286 valence electrons. The lowest BCUT2D eigenvalue weighted by Gasteiger charge is -2.71. The number of carbonyl (C=O) groups excluding carboxylic acids is 2. The van der Waals surface area contributed by atoms with Gasteiger partial charge in [0, 0.05) is 38.8 Å². The predicted molar refractivity (Wildman–Crippen MR) is 210 cm³/mol. The van der Waals surface area contributed by atoms with Crippen LogP contribution in [0.1, 0.15) is 117 Å². The third-order valence-electron chi connectivity index (χ3n) is 16.9. The minimum Gasteiger partial charge on any atom is -0.461 e. The van der Waals surface area contributed by atoms with E-state index in [0.29, 0.717) is 34.3 Å². The number of amides is 1. The van der Waals surface area contributed by atoms with Gasteiger partial charge in [0.15, 0.2) is 0 Å². The molecule has 6 nitrogen and oxygen atoms in total. The molecule has 1 aromatic rings. The highest BCUT2D eigenvalue weighted by Gasteiger charge is 2.68. The SMILES string of the molecule is CC1C(C2=CCC(C(=O)OCc3ccccc3)CC2)=CCC2(C)C1CCC1(C)C2CCC2[C@H]3CCCC3(NCCN(C)CCN(C)C=O)CC[C@]21C. The Morgan fingerprint density at radius 2 is 1.69 bits per heavy atom. The van der Waals surface area contributed by atoms with E-state index >= 15 is 0 Å². The molecule has 7 rings (SSSR count). The van der Waals surface area contributed by atoms with Gasteiger partial charge in [0.05, 0.1) is 5.92 Å². The van der Waals surface area contributed by atoms with Crippen molar-refractivity contribution >= 4 is 12.4 Å². The highest BCUT2D eigenvalue weighted by molar-refractivity contribution is 5.73. The molecular formula is C46H69N3O3. The smallest absolute Gasteiger partial charge is 0.309 e. The summed E-state index contributed by atoms with van der Waals surface area (Å²) in [6.45, 7) is 14.9. The lowest BCUT2D eigenvalue weighted by atomic mass is 9.34. The Balaban J connectivity index is 1.00. The molecule has 0 saturated heterocycles. The van der Waals surface area contributed by atoms with Crippen molar-refractivity contribution in [2.75, 3.05) is 40.3 Å². The number of hydrogen-bond acceptors (Lipinski definition) is 5. The number of nitrogens with zero attached hydrogens (tertiary/aromatic N) is 2. The maximum absolute atomic E-state index is 13.0. The first kappa shape index (κ1) is 37.9. The standard InChI is InChI=1S/C46H69N3O3/c1-33-37(35-14-16-36(17-15-35)42(51)52-31-34-11-8-7-9-12-34)20-23-43(2)38(33)21-24-45(4)41(43)19-18-39-40-13-10-22-46(40,26-25-44(39,45)3)47-27-28-48(5)29-30-49(6)32-50/h7-9,11-12,14,20,32-33,36,38-41,47H,10,13,15-19,21-31H2,1-6H3/t33?,36?,38?,39?,40-,41?,43?,44-,45?,46?/m1/s1. The highest BCUT2D eigenvalue weighted by atomic mass is 16.5. The molecule has 4 fully saturated rings. The fourth-order valence-electron chi connectivity index (χ4n) is 13.7. The Hall–Kier alpha value is -2.44. The molecular weight excluding hydrogens is 643 g/mol. The Labute approximate surface area is 315 Å². The van der Waals surface area contributed by atoms with E-state index in [1.807, 2.05) is 37.4 Å². The normalized spacial score (nSPS) is 39.7. The fourth-order valence-corrected chi connectivity index (χ4v) is 13.7. The molecule has 0 aliphatic heterocycles. The molecule has 0 radical (unpaired) electrons. The zero-order chi connectivity index (χ0) is 36.7. The van der Waals surface area contributed by atoms with Gasteiger partial charge in [-0.2, -0.15) is 0 Å². The Kier molecular flexibility index (Phi) is 10.9. The van der Waals surface area contributed by atoms with Crippen molar-refractivity contribution in [2.45, 2.75) is 123 Å². The summed E-state index contributed by atoms with van der Waals surface area (Å²) in [5.41, 5.74) is 5.64. The fraction of sp³-hybridized carbons (Fsp3) is 0.739. The van der Waals surface area contributed by atoms with Crippen molar-refractivity contribution in [1.29, 1.82) is 0 Å². The van der Waals surface area contributed by atoms with Gasteiger partial charge in [-0.3, -0.25) is 9.59 Å². The first-order chi connectivity index (χ1) is 24.9. The number of benzene rings is 1. The van der Waals surface area contributed by atoms with Gasteiger partial charge in [-0.25, -0.2) is 0 Å². The first-order valence-corrected chi connectivity index (χ1v) is 21.1. The van der Waals surface area contributed by atoms with Crippen molar-refractivity contribution in [3.8, 4) is 0 Å². The molecule has 6 heteroatoms. The Morgan fingerprint density at radius 1 is 0.885 bits per heavy atom. The number of hydrogen-bond donors (Lipinski definition) is 1.